The highest BCUT2D eigenvalue weighted by Gasteiger charge is 2.22. The van der Waals surface area contributed by atoms with Crippen LogP contribution in [0, 0.1) is 11.3 Å². The third-order valence-electron chi connectivity index (χ3n) is 3.05. The Kier molecular flexibility index (Phi) is 3.90. The van der Waals surface area contributed by atoms with Crippen molar-refractivity contribution in [3.8, 4) is 6.07 Å². The van der Waals surface area contributed by atoms with Crippen molar-refractivity contribution < 1.29 is 4.79 Å². The molecule has 5 nitrogen and oxygen atoms in total. The third-order valence-corrected chi connectivity index (χ3v) is 3.05. The Morgan fingerprint density at radius 3 is 3.28 bits per heavy atom. The van der Waals surface area contributed by atoms with E-state index in [1.54, 1.807) is 12.3 Å². The minimum absolute atomic E-state index is 0.114. The molecule has 2 rings (SSSR count). The molecule has 94 valence electrons. The Morgan fingerprint density at radius 1 is 1.67 bits per heavy atom. The number of carbonyl (C=O) groups is 1. The molecular weight excluding hydrogens is 228 g/mol. The first kappa shape index (κ1) is 12.5. The zero-order chi connectivity index (χ0) is 13.0. The molecule has 1 aromatic heterocycles. The number of carbonyl (C=O) groups excluding carboxylic acids is 1. The lowest BCUT2D eigenvalue weighted by molar-refractivity contribution is -0.132. The summed E-state index contributed by atoms with van der Waals surface area (Å²) in [6, 6.07) is 5.45. The van der Waals surface area contributed by atoms with Crippen LogP contribution >= 0.6 is 0 Å². The molecule has 1 unspecified atom stereocenters. The molecule has 0 aliphatic carbocycles. The van der Waals surface area contributed by atoms with Crippen LogP contribution in [0.15, 0.2) is 18.3 Å². The van der Waals surface area contributed by atoms with Crippen LogP contribution in [0.25, 0.3) is 0 Å². The quantitative estimate of drug-likeness (QED) is 0.830. The monoisotopic (exact) mass is 244 g/mol. The highest BCUT2D eigenvalue weighted by Crippen LogP contribution is 2.10. The minimum Gasteiger partial charge on any atom is -0.337 e. The molecule has 5 heteroatoms. The van der Waals surface area contributed by atoms with E-state index in [1.807, 2.05) is 24.0 Å². The summed E-state index contributed by atoms with van der Waals surface area (Å²) in [6.07, 6.45) is 2.56. The summed E-state index contributed by atoms with van der Waals surface area (Å²) in [5, 5.41) is 12.0. The number of nitrogens with zero attached hydrogens (tertiary/aromatic N) is 3. The second-order valence-corrected chi connectivity index (χ2v) is 4.45. The fourth-order valence-electron chi connectivity index (χ4n) is 2.07. The second kappa shape index (κ2) is 5.61. The zero-order valence-corrected chi connectivity index (χ0v) is 10.4. The lowest BCUT2D eigenvalue weighted by Gasteiger charge is -2.22. The van der Waals surface area contributed by atoms with Gasteiger partial charge in [0, 0.05) is 19.3 Å². The van der Waals surface area contributed by atoms with Crippen LogP contribution in [-0.2, 0) is 11.3 Å². The third kappa shape index (κ3) is 2.84. The van der Waals surface area contributed by atoms with E-state index in [0.717, 1.165) is 25.1 Å². The predicted molar refractivity (Wildman–Crippen MR) is 66.5 cm³/mol. The van der Waals surface area contributed by atoms with Gasteiger partial charge in [0.05, 0.1) is 6.04 Å². The smallest absolute Gasteiger partial charge is 0.239 e. The summed E-state index contributed by atoms with van der Waals surface area (Å²) in [4.78, 5) is 17.8. The maximum atomic E-state index is 12.1. The van der Waals surface area contributed by atoms with Crippen molar-refractivity contribution in [2.24, 2.45) is 0 Å². The van der Waals surface area contributed by atoms with E-state index in [4.69, 9.17) is 5.26 Å². The van der Waals surface area contributed by atoms with Crippen LogP contribution in [0.4, 0.5) is 0 Å². The van der Waals surface area contributed by atoms with Crippen LogP contribution in [0.5, 0.6) is 0 Å². The number of rotatable bonds is 2. The van der Waals surface area contributed by atoms with E-state index < -0.39 is 0 Å². The van der Waals surface area contributed by atoms with Crippen molar-refractivity contribution in [1.29, 1.82) is 5.26 Å². The molecule has 1 aliphatic rings. The first-order valence-corrected chi connectivity index (χ1v) is 6.08. The minimum atomic E-state index is -0.134. The van der Waals surface area contributed by atoms with Gasteiger partial charge in [0.2, 0.25) is 5.91 Å². The van der Waals surface area contributed by atoms with E-state index in [9.17, 15) is 4.79 Å². The summed E-state index contributed by atoms with van der Waals surface area (Å²) >= 11 is 0. The van der Waals surface area contributed by atoms with Crippen LogP contribution < -0.4 is 5.32 Å². The first-order valence-electron chi connectivity index (χ1n) is 6.08. The number of nitrogens with one attached hydrogen (secondary N) is 1. The molecular formula is C13H16N4O. The molecule has 2 heterocycles. The van der Waals surface area contributed by atoms with Gasteiger partial charge in [-0.3, -0.25) is 4.79 Å². The molecule has 0 radical (unpaired) electrons. The SMILES string of the molecule is CC1NCCCN(Cc2ccnc(C#N)c2)C1=O. The van der Waals surface area contributed by atoms with Crippen molar-refractivity contribution in [2.75, 3.05) is 13.1 Å². The Labute approximate surface area is 106 Å². The largest absolute Gasteiger partial charge is 0.337 e. The van der Waals surface area contributed by atoms with Gasteiger partial charge in [0.25, 0.3) is 0 Å². The standard InChI is InChI=1S/C13H16N4O/c1-10-13(18)17(6-2-4-15-10)9-11-3-5-16-12(7-11)8-14/h3,5,7,10,15H,2,4,6,9H2,1H3. The molecule has 1 fully saturated rings. The molecule has 1 aromatic rings. The number of nitriles is 1. The maximum Gasteiger partial charge on any atom is 0.239 e. The number of amides is 1. The molecule has 1 N–H and O–H groups in total. The van der Waals surface area contributed by atoms with Gasteiger partial charge < -0.3 is 10.2 Å². The molecule has 0 saturated carbocycles. The predicted octanol–water partition coefficient (Wildman–Crippen LogP) is 0.664. The Morgan fingerprint density at radius 2 is 2.50 bits per heavy atom. The van der Waals surface area contributed by atoms with Gasteiger partial charge in [-0.25, -0.2) is 4.98 Å². The van der Waals surface area contributed by atoms with E-state index in [-0.39, 0.29) is 11.9 Å². The molecule has 1 aliphatic heterocycles. The van der Waals surface area contributed by atoms with Gasteiger partial charge >= 0.3 is 0 Å². The van der Waals surface area contributed by atoms with Crippen molar-refractivity contribution in [3.63, 3.8) is 0 Å². The average molecular weight is 244 g/mol. The van der Waals surface area contributed by atoms with Gasteiger partial charge in [0.1, 0.15) is 11.8 Å². The van der Waals surface area contributed by atoms with E-state index in [1.165, 1.54) is 0 Å². The molecule has 18 heavy (non-hydrogen) atoms. The van der Waals surface area contributed by atoms with Crippen LogP contribution in [0.2, 0.25) is 0 Å². The zero-order valence-electron chi connectivity index (χ0n) is 10.4. The fraction of sp³-hybridized carbons (Fsp3) is 0.462. The summed E-state index contributed by atoms with van der Waals surface area (Å²) < 4.78 is 0. The van der Waals surface area contributed by atoms with Gasteiger partial charge in [0.15, 0.2) is 0 Å². The van der Waals surface area contributed by atoms with E-state index in [2.05, 4.69) is 10.3 Å². The van der Waals surface area contributed by atoms with Gasteiger partial charge in [-0.15, -0.1) is 0 Å². The van der Waals surface area contributed by atoms with Crippen molar-refractivity contribution in [1.82, 2.24) is 15.2 Å². The Hall–Kier alpha value is -1.93. The molecule has 1 amide bonds. The summed E-state index contributed by atoms with van der Waals surface area (Å²) in [7, 11) is 0. The number of hydrogen-bond donors (Lipinski definition) is 1. The normalized spacial score (nSPS) is 20.3. The van der Waals surface area contributed by atoms with Gasteiger partial charge in [-0.2, -0.15) is 5.26 Å². The summed E-state index contributed by atoms with van der Waals surface area (Å²) in [6.45, 7) is 4.04. The second-order valence-electron chi connectivity index (χ2n) is 4.45. The highest BCUT2D eigenvalue weighted by atomic mass is 16.2. The van der Waals surface area contributed by atoms with Crippen LogP contribution in [0.3, 0.4) is 0 Å². The number of aromatic nitrogens is 1. The summed E-state index contributed by atoms with van der Waals surface area (Å²) in [5.74, 6) is 0.114. The van der Waals surface area contributed by atoms with Gasteiger partial charge in [-0.1, -0.05) is 0 Å². The van der Waals surface area contributed by atoms with E-state index in [0.29, 0.717) is 12.2 Å². The first-order chi connectivity index (χ1) is 8.70. The highest BCUT2D eigenvalue weighted by molar-refractivity contribution is 5.81. The molecule has 1 saturated heterocycles. The van der Waals surface area contributed by atoms with E-state index >= 15 is 0 Å². The van der Waals surface area contributed by atoms with Gasteiger partial charge in [-0.05, 0) is 37.6 Å². The van der Waals surface area contributed by atoms with Crippen LogP contribution in [-0.4, -0.2) is 34.9 Å². The average Bonchev–Trinajstić information content (AvgIpc) is 2.55. The lowest BCUT2D eigenvalue weighted by Crippen LogP contribution is -2.41. The number of pyridine rings is 1. The molecule has 0 bridgehead atoms. The maximum absolute atomic E-state index is 12.1. The fourth-order valence-corrected chi connectivity index (χ4v) is 2.07. The molecule has 1 atom stereocenters. The summed E-state index contributed by atoms with van der Waals surface area (Å²) in [5.41, 5.74) is 1.34. The lowest BCUT2D eigenvalue weighted by atomic mass is 10.2. The van der Waals surface area contributed by atoms with Crippen LogP contribution in [0.1, 0.15) is 24.6 Å². The Balaban J connectivity index is 2.11. The molecule has 0 spiro atoms. The topological polar surface area (TPSA) is 69.0 Å². The Bertz CT molecular complexity index is 480. The van der Waals surface area contributed by atoms with Crippen molar-refractivity contribution in [2.45, 2.75) is 25.9 Å². The molecule has 0 aromatic carbocycles. The number of hydrogen-bond acceptors (Lipinski definition) is 4. The van der Waals surface area contributed by atoms with Crippen molar-refractivity contribution in [3.05, 3.63) is 29.6 Å². The van der Waals surface area contributed by atoms with Crippen molar-refractivity contribution >= 4 is 5.91 Å².